The third-order valence-corrected chi connectivity index (χ3v) is 10.5. The third-order valence-electron chi connectivity index (χ3n) is 9.49. The molecule has 3 unspecified atom stereocenters. The number of epoxide rings is 1. The fourth-order valence-electron chi connectivity index (χ4n) is 5.77. The molecule has 346 valence electrons. The van der Waals surface area contributed by atoms with E-state index in [1.807, 2.05) is 27.2 Å². The highest BCUT2D eigenvalue weighted by Gasteiger charge is 2.36. The predicted octanol–water partition coefficient (Wildman–Crippen LogP) is 11.7. The number of esters is 2. The number of carbonyl (C=O) groups excluding carboxylic acids is 2. The van der Waals surface area contributed by atoms with Gasteiger partial charge in [-0.2, -0.15) is 0 Å². The third kappa shape index (κ3) is 38.3. The molecule has 1 rings (SSSR count). The lowest BCUT2D eigenvalue weighted by Gasteiger charge is -2.28. The molecule has 0 bridgehead atoms. The van der Waals surface area contributed by atoms with Gasteiger partial charge >= 0.3 is 11.9 Å². The van der Waals surface area contributed by atoms with Crippen molar-refractivity contribution in [1.29, 1.82) is 0 Å². The van der Waals surface area contributed by atoms with E-state index in [1.165, 1.54) is 19.3 Å². The maximum absolute atomic E-state index is 12.7. The summed E-state index contributed by atoms with van der Waals surface area (Å²) in [4.78, 5) is 37.6. The molecule has 0 radical (unpaired) electrons. The molecule has 1 fully saturated rings. The molecule has 0 aromatic heterocycles. The van der Waals surface area contributed by atoms with Crippen molar-refractivity contribution < 1.29 is 46.8 Å². The number of allylic oxidation sites excluding steroid dienone is 14. The Balaban J connectivity index is 2.35. The zero-order chi connectivity index (χ0) is 44.7. The number of likely N-dealkylation sites (N-methyl/N-ethyl adjacent to an activating group) is 1. The number of rotatable bonds is 39. The van der Waals surface area contributed by atoms with E-state index in [1.54, 1.807) is 0 Å². The van der Waals surface area contributed by atoms with Crippen molar-refractivity contribution in [2.24, 2.45) is 0 Å². The van der Waals surface area contributed by atoms with Crippen LogP contribution in [0.5, 0.6) is 0 Å². The van der Waals surface area contributed by atoms with Gasteiger partial charge in [-0.3, -0.25) is 14.2 Å². The second kappa shape index (κ2) is 37.4. The Morgan fingerprint density at radius 1 is 0.607 bits per heavy atom. The van der Waals surface area contributed by atoms with Gasteiger partial charge in [-0.1, -0.05) is 130 Å². The van der Waals surface area contributed by atoms with E-state index in [0.717, 1.165) is 77.0 Å². The fraction of sp³-hybridized carbons (Fsp3) is 0.640. The number of ether oxygens (including phenoxy) is 3. The van der Waals surface area contributed by atoms with Crippen LogP contribution in [0.15, 0.2) is 97.2 Å². The van der Waals surface area contributed by atoms with Gasteiger partial charge in [0, 0.05) is 12.8 Å². The van der Waals surface area contributed by atoms with Gasteiger partial charge in [0.2, 0.25) is 0 Å². The maximum Gasteiger partial charge on any atom is 0.306 e. The maximum atomic E-state index is 12.7. The molecule has 1 heterocycles. The van der Waals surface area contributed by atoms with Crippen LogP contribution in [0.3, 0.4) is 0 Å². The number of nitrogens with zero attached hydrogens (tertiary/aromatic N) is 1. The highest BCUT2D eigenvalue weighted by molar-refractivity contribution is 7.45. The first-order valence-corrected chi connectivity index (χ1v) is 24.5. The normalized spacial score (nSPS) is 17.7. The van der Waals surface area contributed by atoms with E-state index in [2.05, 4.69) is 105 Å². The second-order valence-electron chi connectivity index (χ2n) is 16.4. The van der Waals surface area contributed by atoms with Crippen LogP contribution in [0.25, 0.3) is 0 Å². The summed E-state index contributed by atoms with van der Waals surface area (Å²) in [7, 11) is 1.08. The SMILES string of the molecule is CC/C=C\C/C=C\C/C=C\C/C=C\C/C=C\CCCCCC(=O)OC[C@H](COP(=O)([O-])OCC[N+](C)(C)C)OC(=O)CCC/C=C\CC1OC1C/C=C\C/C=C\CCCCC. The molecule has 0 aromatic carbocycles. The van der Waals surface area contributed by atoms with E-state index in [0.29, 0.717) is 30.3 Å². The number of phosphoric acid groups is 1. The topological polar surface area (TPSA) is 124 Å². The van der Waals surface area contributed by atoms with Crippen LogP contribution in [-0.4, -0.2) is 82.2 Å². The molecular formula is C50H82NO9P. The number of phosphoric ester groups is 1. The number of quaternary nitrogens is 1. The summed E-state index contributed by atoms with van der Waals surface area (Å²) < 4.78 is 39.6. The molecule has 0 N–H and O–H groups in total. The Morgan fingerprint density at radius 2 is 1.10 bits per heavy atom. The van der Waals surface area contributed by atoms with Crippen LogP contribution in [0.4, 0.5) is 0 Å². The predicted molar refractivity (Wildman–Crippen MR) is 249 cm³/mol. The van der Waals surface area contributed by atoms with Crippen LogP contribution >= 0.6 is 7.82 Å². The van der Waals surface area contributed by atoms with E-state index >= 15 is 0 Å². The minimum atomic E-state index is -4.66. The Kier molecular flexibility index (Phi) is 34.3. The molecular weight excluding hydrogens is 790 g/mol. The lowest BCUT2D eigenvalue weighted by molar-refractivity contribution is -0.870. The Morgan fingerprint density at radius 3 is 1.67 bits per heavy atom. The highest BCUT2D eigenvalue weighted by Crippen LogP contribution is 2.38. The fourth-order valence-corrected chi connectivity index (χ4v) is 6.50. The molecule has 1 aliphatic heterocycles. The van der Waals surface area contributed by atoms with Crippen LogP contribution < -0.4 is 4.89 Å². The summed E-state index contributed by atoms with van der Waals surface area (Å²) in [5.74, 6) is -0.957. The van der Waals surface area contributed by atoms with Gasteiger partial charge in [-0.15, -0.1) is 0 Å². The van der Waals surface area contributed by atoms with Crippen molar-refractivity contribution in [3.8, 4) is 0 Å². The van der Waals surface area contributed by atoms with Crippen LogP contribution in [0.2, 0.25) is 0 Å². The van der Waals surface area contributed by atoms with Crippen molar-refractivity contribution >= 4 is 19.8 Å². The average molecular weight is 872 g/mol. The van der Waals surface area contributed by atoms with Gasteiger partial charge in [-0.05, 0) is 96.3 Å². The number of hydrogen-bond donors (Lipinski definition) is 0. The molecule has 1 aliphatic rings. The van der Waals surface area contributed by atoms with Gasteiger partial charge in [0.05, 0.1) is 40.0 Å². The Hall–Kier alpha value is -3.11. The van der Waals surface area contributed by atoms with Gasteiger partial charge in [0.25, 0.3) is 7.82 Å². The highest BCUT2D eigenvalue weighted by atomic mass is 31.2. The number of hydrogen-bond acceptors (Lipinski definition) is 9. The van der Waals surface area contributed by atoms with Gasteiger partial charge in [0.1, 0.15) is 19.8 Å². The molecule has 11 heteroatoms. The smallest absolute Gasteiger partial charge is 0.306 e. The summed E-state index contributed by atoms with van der Waals surface area (Å²) >= 11 is 0. The molecule has 10 nitrogen and oxygen atoms in total. The molecule has 0 spiro atoms. The number of carbonyl (C=O) groups is 2. The van der Waals surface area contributed by atoms with Crippen molar-refractivity contribution in [1.82, 2.24) is 0 Å². The van der Waals surface area contributed by atoms with Gasteiger partial charge in [0.15, 0.2) is 6.10 Å². The molecule has 61 heavy (non-hydrogen) atoms. The first-order valence-electron chi connectivity index (χ1n) is 23.1. The molecule has 0 amide bonds. The minimum absolute atomic E-state index is 0.0555. The lowest BCUT2D eigenvalue weighted by Crippen LogP contribution is -2.37. The van der Waals surface area contributed by atoms with Gasteiger partial charge in [-0.25, -0.2) is 0 Å². The molecule has 0 aliphatic carbocycles. The van der Waals surface area contributed by atoms with Crippen LogP contribution in [-0.2, 0) is 37.4 Å². The minimum Gasteiger partial charge on any atom is -0.756 e. The quantitative estimate of drug-likeness (QED) is 0.0148. The van der Waals surface area contributed by atoms with E-state index in [9.17, 15) is 19.0 Å². The largest absolute Gasteiger partial charge is 0.756 e. The first-order chi connectivity index (χ1) is 29.5. The lowest BCUT2D eigenvalue weighted by atomic mass is 10.1. The number of unbranched alkanes of at least 4 members (excludes halogenated alkanes) is 7. The summed E-state index contributed by atoms with van der Waals surface area (Å²) in [5.41, 5.74) is 0. The summed E-state index contributed by atoms with van der Waals surface area (Å²) in [5, 5.41) is 0. The summed E-state index contributed by atoms with van der Waals surface area (Å²) in [6, 6.07) is 0. The van der Waals surface area contributed by atoms with Crippen molar-refractivity contribution in [2.75, 3.05) is 47.5 Å². The molecule has 0 saturated carbocycles. The Labute approximate surface area is 370 Å². The van der Waals surface area contributed by atoms with E-state index < -0.39 is 32.5 Å². The van der Waals surface area contributed by atoms with E-state index in [4.69, 9.17) is 23.3 Å². The monoisotopic (exact) mass is 872 g/mol. The summed E-state index contributed by atoms with van der Waals surface area (Å²) in [6.07, 6.45) is 51.8. The Bertz CT molecular complexity index is 1420. The van der Waals surface area contributed by atoms with Crippen LogP contribution in [0, 0.1) is 0 Å². The standard InChI is InChI=1S/C50H82NO9P/c1-6-8-10-12-14-16-17-18-19-20-21-22-23-24-25-27-29-31-36-40-49(52)56-44-46(45-58-61(54,55)57-43-42-51(3,4)5)59-50(53)41-37-33-32-35-39-48-47(60-48)38-34-30-28-26-15-13-11-9-7-2/h8,10,14-16,18-19,21-22,24-26,30,32,34-35,46-48H,6-7,9,11-13,17,20,23,27-29,31,33,36-45H2,1-5H3/b10-8-,16-14-,19-18-,22-21-,25-24-,26-15-,34-30-,35-32-/t46-,47?,48?/m1/s1. The van der Waals surface area contributed by atoms with Gasteiger partial charge < -0.3 is 32.6 Å². The molecule has 1 saturated heterocycles. The molecule has 0 aromatic rings. The summed E-state index contributed by atoms with van der Waals surface area (Å²) in [6.45, 7) is 3.94. The zero-order valence-electron chi connectivity index (χ0n) is 38.5. The van der Waals surface area contributed by atoms with Crippen molar-refractivity contribution in [3.63, 3.8) is 0 Å². The van der Waals surface area contributed by atoms with Crippen molar-refractivity contribution in [2.45, 2.75) is 161 Å². The second-order valence-corrected chi connectivity index (χ2v) is 17.8. The van der Waals surface area contributed by atoms with Crippen molar-refractivity contribution in [3.05, 3.63) is 97.2 Å². The zero-order valence-corrected chi connectivity index (χ0v) is 39.4. The first kappa shape index (κ1) is 55.9. The van der Waals surface area contributed by atoms with Crippen LogP contribution in [0.1, 0.15) is 142 Å². The van der Waals surface area contributed by atoms with E-state index in [-0.39, 0.29) is 38.3 Å². The molecule has 4 atom stereocenters. The average Bonchev–Trinajstić information content (AvgIpc) is 3.97.